The Kier molecular flexibility index (Phi) is 6.67. The largest absolute Gasteiger partial charge is 0.357 e. The number of nitrogens with one attached hydrogen (secondary N) is 2. The molecule has 1 amide bonds. The van der Waals surface area contributed by atoms with Gasteiger partial charge >= 0.3 is 0 Å². The van der Waals surface area contributed by atoms with Crippen molar-refractivity contribution in [3.63, 3.8) is 0 Å². The number of rotatable bonds is 6. The fourth-order valence-corrected chi connectivity index (χ4v) is 5.76. The van der Waals surface area contributed by atoms with E-state index in [1.54, 1.807) is 11.0 Å². The normalized spacial score (nSPS) is 17.9. The van der Waals surface area contributed by atoms with Crippen LogP contribution < -0.4 is 15.5 Å². The number of nitrogens with zero attached hydrogens (tertiary/aromatic N) is 4. The molecule has 0 saturated carbocycles. The Labute approximate surface area is 233 Å². The van der Waals surface area contributed by atoms with Crippen molar-refractivity contribution < 1.29 is 9.59 Å². The van der Waals surface area contributed by atoms with Gasteiger partial charge in [0, 0.05) is 23.4 Å². The molecule has 6 rings (SSSR count). The summed E-state index contributed by atoms with van der Waals surface area (Å²) in [7, 11) is 0. The molecular weight excluding hydrogens is 500 g/mol. The number of carbonyl (C=O) groups is 2. The molecule has 2 heterocycles. The molecule has 0 bridgehead atoms. The van der Waals surface area contributed by atoms with Gasteiger partial charge in [-0.2, -0.15) is 5.10 Å². The molecule has 0 spiro atoms. The highest BCUT2D eigenvalue weighted by Crippen LogP contribution is 2.48. The molecule has 1 aromatic heterocycles. The first-order chi connectivity index (χ1) is 19.4. The topological polar surface area (TPSA) is 92.2 Å². The highest BCUT2D eigenvalue weighted by molar-refractivity contribution is 6.02. The molecule has 1 unspecified atom stereocenters. The van der Waals surface area contributed by atoms with Crippen LogP contribution >= 0.6 is 0 Å². The minimum absolute atomic E-state index is 0.0758. The number of benzene rings is 3. The summed E-state index contributed by atoms with van der Waals surface area (Å²) in [4.78, 5) is 33.4. The van der Waals surface area contributed by atoms with Crippen LogP contribution in [-0.2, 0) is 16.1 Å². The second-order valence-electron chi connectivity index (χ2n) is 11.3. The second kappa shape index (κ2) is 10.4. The Bertz CT molecular complexity index is 1560. The Morgan fingerprint density at radius 2 is 1.75 bits per heavy atom. The van der Waals surface area contributed by atoms with Crippen LogP contribution in [0, 0.1) is 5.41 Å². The zero-order valence-corrected chi connectivity index (χ0v) is 22.7. The van der Waals surface area contributed by atoms with Crippen LogP contribution in [0.25, 0.3) is 0 Å². The lowest BCUT2D eigenvalue weighted by molar-refractivity contribution is -0.119. The molecule has 202 valence electrons. The third kappa shape index (κ3) is 5.25. The maximum Gasteiger partial charge on any atom is 0.243 e. The summed E-state index contributed by atoms with van der Waals surface area (Å²) >= 11 is 0. The molecular formula is C32H32N6O2. The minimum Gasteiger partial charge on any atom is -0.357 e. The summed E-state index contributed by atoms with van der Waals surface area (Å²) in [5.74, 6) is -0.0406. The first kappa shape index (κ1) is 25.6. The average Bonchev–Trinajstić information content (AvgIpc) is 3.40. The van der Waals surface area contributed by atoms with E-state index in [1.165, 1.54) is 6.33 Å². The average molecular weight is 533 g/mol. The lowest BCUT2D eigenvalue weighted by atomic mass is 9.73. The summed E-state index contributed by atoms with van der Waals surface area (Å²) in [6.45, 7) is 4.94. The van der Waals surface area contributed by atoms with Gasteiger partial charge in [-0.1, -0.05) is 68.4 Å². The summed E-state index contributed by atoms with van der Waals surface area (Å²) < 4.78 is 1.75. The highest BCUT2D eigenvalue weighted by Gasteiger charge is 2.41. The van der Waals surface area contributed by atoms with Crippen molar-refractivity contribution in [1.82, 2.24) is 14.8 Å². The van der Waals surface area contributed by atoms with E-state index in [2.05, 4.69) is 39.5 Å². The van der Waals surface area contributed by atoms with Crippen LogP contribution in [0.15, 0.2) is 103 Å². The van der Waals surface area contributed by atoms with Crippen molar-refractivity contribution in [2.24, 2.45) is 5.41 Å². The van der Waals surface area contributed by atoms with Crippen molar-refractivity contribution >= 4 is 28.8 Å². The summed E-state index contributed by atoms with van der Waals surface area (Å²) in [6, 6.07) is 25.3. The van der Waals surface area contributed by atoms with Gasteiger partial charge in [0.25, 0.3) is 0 Å². The summed E-state index contributed by atoms with van der Waals surface area (Å²) in [5, 5.41) is 10.8. The van der Waals surface area contributed by atoms with Gasteiger partial charge in [-0.25, -0.2) is 9.67 Å². The van der Waals surface area contributed by atoms with Crippen LogP contribution in [0.2, 0.25) is 0 Å². The van der Waals surface area contributed by atoms with Crippen molar-refractivity contribution in [3.8, 4) is 0 Å². The zero-order valence-electron chi connectivity index (χ0n) is 22.7. The molecule has 2 N–H and O–H groups in total. The molecule has 4 aromatic rings. The smallest absolute Gasteiger partial charge is 0.243 e. The van der Waals surface area contributed by atoms with Gasteiger partial charge < -0.3 is 15.5 Å². The Balaban J connectivity index is 1.33. The van der Waals surface area contributed by atoms with E-state index in [0.717, 1.165) is 40.2 Å². The van der Waals surface area contributed by atoms with Crippen LogP contribution in [0.4, 0.5) is 17.1 Å². The van der Waals surface area contributed by atoms with E-state index in [-0.39, 0.29) is 23.7 Å². The minimum atomic E-state index is -0.397. The number of allylic oxidation sites excluding steroid dienone is 1. The fourth-order valence-electron chi connectivity index (χ4n) is 5.76. The highest BCUT2D eigenvalue weighted by atomic mass is 16.2. The molecule has 0 fully saturated rings. The number of anilines is 3. The van der Waals surface area contributed by atoms with Gasteiger partial charge in [0.1, 0.15) is 12.7 Å². The second-order valence-corrected chi connectivity index (χ2v) is 11.3. The van der Waals surface area contributed by atoms with E-state index in [0.29, 0.717) is 18.7 Å². The number of amides is 1. The van der Waals surface area contributed by atoms with Gasteiger partial charge in [-0.15, -0.1) is 0 Å². The third-order valence-electron chi connectivity index (χ3n) is 7.48. The lowest BCUT2D eigenvalue weighted by Gasteiger charge is -2.37. The predicted octanol–water partition coefficient (Wildman–Crippen LogP) is 5.58. The van der Waals surface area contributed by atoms with Crippen LogP contribution in [-0.4, -0.2) is 33.0 Å². The molecule has 0 saturated heterocycles. The van der Waals surface area contributed by atoms with E-state index < -0.39 is 6.04 Å². The van der Waals surface area contributed by atoms with Crippen molar-refractivity contribution in [1.29, 1.82) is 0 Å². The quantitative estimate of drug-likeness (QED) is 0.337. The maximum absolute atomic E-state index is 13.8. The summed E-state index contributed by atoms with van der Waals surface area (Å²) in [5.41, 5.74) is 6.05. The number of fused-ring (bicyclic) bond motifs is 1. The molecule has 8 nitrogen and oxygen atoms in total. The number of carbonyl (C=O) groups excluding carboxylic acids is 2. The lowest BCUT2D eigenvalue weighted by Crippen LogP contribution is -2.40. The number of hydrogen-bond acceptors (Lipinski definition) is 6. The molecule has 0 radical (unpaired) electrons. The van der Waals surface area contributed by atoms with Crippen LogP contribution in [0.5, 0.6) is 0 Å². The SMILES string of the molecule is CC1(C)CC(=O)C2=C(C1)Nc1ccccc1N(CC(=O)Nc1ccc(Cn3cncn3)cc1)C2c1ccccc1. The molecule has 1 aliphatic carbocycles. The Hall–Kier alpha value is -4.72. The van der Waals surface area contributed by atoms with Gasteiger partial charge in [0.05, 0.1) is 30.5 Å². The van der Waals surface area contributed by atoms with Gasteiger partial charge in [-0.3, -0.25) is 9.59 Å². The Morgan fingerprint density at radius 3 is 2.50 bits per heavy atom. The molecule has 8 heteroatoms. The standard InChI is InChI=1S/C32H32N6O2/c1-32(2)16-26-30(28(39)17-32)31(23-8-4-3-5-9-23)38(27-11-7-6-10-25(27)36-26)19-29(40)35-24-14-12-22(13-15-24)18-37-21-33-20-34-37/h3-15,20-21,31,36H,16-19H2,1-2H3,(H,35,40). The number of para-hydroxylation sites is 2. The molecule has 2 aliphatic rings. The molecule has 3 aromatic carbocycles. The number of ketones is 1. The number of aromatic nitrogens is 3. The molecule has 1 atom stereocenters. The predicted molar refractivity (Wildman–Crippen MR) is 156 cm³/mol. The van der Waals surface area contributed by atoms with Crippen LogP contribution in [0.1, 0.15) is 43.9 Å². The molecule has 40 heavy (non-hydrogen) atoms. The van der Waals surface area contributed by atoms with Crippen molar-refractivity contribution in [3.05, 3.63) is 114 Å². The third-order valence-corrected chi connectivity index (χ3v) is 7.48. The maximum atomic E-state index is 13.8. The first-order valence-electron chi connectivity index (χ1n) is 13.5. The molecule has 1 aliphatic heterocycles. The van der Waals surface area contributed by atoms with Gasteiger partial charge in [-0.05, 0) is 47.2 Å². The monoisotopic (exact) mass is 532 g/mol. The summed E-state index contributed by atoms with van der Waals surface area (Å²) in [6.07, 6.45) is 4.40. The van der Waals surface area contributed by atoms with E-state index in [4.69, 9.17) is 0 Å². The van der Waals surface area contributed by atoms with E-state index >= 15 is 0 Å². The number of hydrogen-bond donors (Lipinski definition) is 2. The number of Topliss-reactive ketones (excluding diaryl/α,β-unsaturated/α-hetero) is 1. The van der Waals surface area contributed by atoms with E-state index in [1.807, 2.05) is 78.9 Å². The first-order valence-corrected chi connectivity index (χ1v) is 13.5. The van der Waals surface area contributed by atoms with Crippen molar-refractivity contribution in [2.75, 3.05) is 22.1 Å². The Morgan fingerprint density at radius 1 is 1.00 bits per heavy atom. The van der Waals surface area contributed by atoms with E-state index in [9.17, 15) is 9.59 Å². The fraction of sp³-hybridized carbons (Fsp3) is 0.250. The zero-order chi connectivity index (χ0) is 27.7. The van der Waals surface area contributed by atoms with Crippen molar-refractivity contribution in [2.45, 2.75) is 39.3 Å². The van der Waals surface area contributed by atoms with Crippen LogP contribution in [0.3, 0.4) is 0 Å². The van der Waals surface area contributed by atoms with Gasteiger partial charge in [0.15, 0.2) is 5.78 Å². The van der Waals surface area contributed by atoms with Gasteiger partial charge in [0.2, 0.25) is 5.91 Å².